The van der Waals surface area contributed by atoms with Gasteiger partial charge in [-0.05, 0) is 43.0 Å². The highest BCUT2D eigenvalue weighted by Crippen LogP contribution is 2.19. The highest BCUT2D eigenvalue weighted by atomic mass is 19.1. The second-order valence-corrected chi connectivity index (χ2v) is 6.60. The number of nitrogens with zero attached hydrogens (tertiary/aromatic N) is 2. The number of carbonyl (C=O) groups is 2. The Balaban J connectivity index is 1.53. The average Bonchev–Trinajstić information content (AvgIpc) is 2.66. The molecule has 2 amide bonds. The molecule has 1 fully saturated rings. The minimum absolute atomic E-state index is 0.108. The minimum Gasteiger partial charge on any atom is -0.352 e. The number of benzene rings is 1. The van der Waals surface area contributed by atoms with E-state index in [4.69, 9.17) is 0 Å². The maximum absolute atomic E-state index is 13.3. The van der Waals surface area contributed by atoms with Gasteiger partial charge in [-0.15, -0.1) is 0 Å². The summed E-state index contributed by atoms with van der Waals surface area (Å²) in [6, 6.07) is 9.61. The van der Waals surface area contributed by atoms with Gasteiger partial charge in [0.1, 0.15) is 5.82 Å². The second kappa shape index (κ2) is 8.08. The first kappa shape index (κ1) is 18.0. The zero-order chi connectivity index (χ0) is 18.5. The summed E-state index contributed by atoms with van der Waals surface area (Å²) in [4.78, 5) is 29.7. The quantitative estimate of drug-likeness (QED) is 0.917. The van der Waals surface area contributed by atoms with Crippen LogP contribution in [0, 0.1) is 11.7 Å². The van der Waals surface area contributed by atoms with Gasteiger partial charge in [-0.25, -0.2) is 4.39 Å². The van der Waals surface area contributed by atoms with E-state index in [0.717, 1.165) is 25.9 Å². The van der Waals surface area contributed by atoms with E-state index in [1.165, 1.54) is 18.3 Å². The molecule has 0 unspecified atom stereocenters. The SMILES string of the molecule is CC(=O)N1CCC(CNC(=O)c2ccc(-c3cccc(F)c3)nc2)CC1. The molecule has 26 heavy (non-hydrogen) atoms. The van der Waals surface area contributed by atoms with Crippen molar-refractivity contribution in [1.29, 1.82) is 0 Å². The van der Waals surface area contributed by atoms with Crippen LogP contribution in [0.25, 0.3) is 11.3 Å². The van der Waals surface area contributed by atoms with Crippen molar-refractivity contribution in [3.8, 4) is 11.3 Å². The number of piperidine rings is 1. The normalized spacial score (nSPS) is 14.9. The largest absolute Gasteiger partial charge is 0.352 e. The summed E-state index contributed by atoms with van der Waals surface area (Å²) in [6.07, 6.45) is 3.31. The predicted octanol–water partition coefficient (Wildman–Crippen LogP) is 2.88. The Morgan fingerprint density at radius 1 is 1.23 bits per heavy atom. The van der Waals surface area contributed by atoms with Crippen molar-refractivity contribution in [3.63, 3.8) is 0 Å². The fourth-order valence-electron chi connectivity index (χ4n) is 3.14. The number of aromatic nitrogens is 1. The molecule has 1 aromatic carbocycles. The molecule has 5 nitrogen and oxygen atoms in total. The number of pyridine rings is 1. The van der Waals surface area contributed by atoms with Crippen LogP contribution in [-0.2, 0) is 4.79 Å². The molecule has 1 saturated heterocycles. The molecule has 2 aromatic rings. The van der Waals surface area contributed by atoms with E-state index in [2.05, 4.69) is 10.3 Å². The van der Waals surface area contributed by atoms with E-state index in [-0.39, 0.29) is 17.6 Å². The van der Waals surface area contributed by atoms with Crippen molar-refractivity contribution in [1.82, 2.24) is 15.2 Å². The molecular formula is C20H22FN3O2. The van der Waals surface area contributed by atoms with Gasteiger partial charge in [0.05, 0.1) is 11.3 Å². The lowest BCUT2D eigenvalue weighted by molar-refractivity contribution is -0.130. The van der Waals surface area contributed by atoms with Gasteiger partial charge in [0.25, 0.3) is 5.91 Å². The minimum atomic E-state index is -0.318. The molecular weight excluding hydrogens is 333 g/mol. The molecule has 6 heteroatoms. The van der Waals surface area contributed by atoms with Gasteiger partial charge >= 0.3 is 0 Å². The summed E-state index contributed by atoms with van der Waals surface area (Å²) >= 11 is 0. The Morgan fingerprint density at radius 3 is 2.62 bits per heavy atom. The number of carbonyl (C=O) groups excluding carboxylic acids is 2. The first-order valence-electron chi connectivity index (χ1n) is 8.78. The Kier molecular flexibility index (Phi) is 5.61. The topological polar surface area (TPSA) is 62.3 Å². The summed E-state index contributed by atoms with van der Waals surface area (Å²) in [5, 5.41) is 2.94. The highest BCUT2D eigenvalue weighted by Gasteiger charge is 2.21. The van der Waals surface area contributed by atoms with Crippen LogP contribution in [0.5, 0.6) is 0 Å². The summed E-state index contributed by atoms with van der Waals surface area (Å²) < 4.78 is 13.3. The zero-order valence-corrected chi connectivity index (χ0v) is 14.7. The molecule has 1 aliphatic heterocycles. The van der Waals surface area contributed by atoms with Crippen molar-refractivity contribution < 1.29 is 14.0 Å². The van der Waals surface area contributed by atoms with Crippen LogP contribution in [0.4, 0.5) is 4.39 Å². The molecule has 1 aromatic heterocycles. The van der Waals surface area contributed by atoms with Crippen LogP contribution in [0.1, 0.15) is 30.1 Å². The molecule has 0 atom stereocenters. The first-order valence-corrected chi connectivity index (χ1v) is 8.78. The van der Waals surface area contributed by atoms with Crippen molar-refractivity contribution in [3.05, 3.63) is 54.0 Å². The number of amides is 2. The summed E-state index contributed by atoms with van der Waals surface area (Å²) in [7, 11) is 0. The van der Waals surface area contributed by atoms with E-state index >= 15 is 0 Å². The van der Waals surface area contributed by atoms with E-state index in [0.29, 0.717) is 29.3 Å². The van der Waals surface area contributed by atoms with Crippen molar-refractivity contribution in [2.45, 2.75) is 19.8 Å². The van der Waals surface area contributed by atoms with Crippen molar-refractivity contribution >= 4 is 11.8 Å². The summed E-state index contributed by atoms with van der Waals surface area (Å²) in [5.41, 5.74) is 1.78. The number of hydrogen-bond acceptors (Lipinski definition) is 3. The Hall–Kier alpha value is -2.76. The monoisotopic (exact) mass is 355 g/mol. The van der Waals surface area contributed by atoms with Crippen LogP contribution in [0.2, 0.25) is 0 Å². The van der Waals surface area contributed by atoms with E-state index in [9.17, 15) is 14.0 Å². The third kappa shape index (κ3) is 4.45. The fraction of sp³-hybridized carbons (Fsp3) is 0.350. The van der Waals surface area contributed by atoms with E-state index in [1.54, 1.807) is 31.2 Å². The lowest BCUT2D eigenvalue weighted by Crippen LogP contribution is -2.40. The second-order valence-electron chi connectivity index (χ2n) is 6.60. The Morgan fingerprint density at radius 2 is 2.00 bits per heavy atom. The Bertz CT molecular complexity index is 784. The third-order valence-electron chi connectivity index (χ3n) is 4.76. The average molecular weight is 355 g/mol. The maximum atomic E-state index is 13.3. The molecule has 1 N–H and O–H groups in total. The van der Waals surface area contributed by atoms with Gasteiger partial charge in [-0.3, -0.25) is 14.6 Å². The van der Waals surface area contributed by atoms with E-state index in [1.807, 2.05) is 4.90 Å². The van der Waals surface area contributed by atoms with Gasteiger partial charge in [0, 0.05) is 38.3 Å². The van der Waals surface area contributed by atoms with Gasteiger partial charge < -0.3 is 10.2 Å². The molecule has 2 heterocycles. The molecule has 0 radical (unpaired) electrons. The Labute approximate surface area is 152 Å². The number of likely N-dealkylation sites (tertiary alicyclic amines) is 1. The highest BCUT2D eigenvalue weighted by molar-refractivity contribution is 5.94. The fourth-order valence-corrected chi connectivity index (χ4v) is 3.14. The molecule has 1 aliphatic rings. The van der Waals surface area contributed by atoms with Gasteiger partial charge in [-0.1, -0.05) is 12.1 Å². The van der Waals surface area contributed by atoms with Crippen LogP contribution in [0.15, 0.2) is 42.6 Å². The van der Waals surface area contributed by atoms with E-state index < -0.39 is 0 Å². The van der Waals surface area contributed by atoms with Gasteiger partial charge in [0.2, 0.25) is 5.91 Å². The van der Waals surface area contributed by atoms with Crippen molar-refractivity contribution in [2.75, 3.05) is 19.6 Å². The molecule has 3 rings (SSSR count). The lowest BCUT2D eigenvalue weighted by atomic mass is 9.96. The summed E-state index contributed by atoms with van der Waals surface area (Å²) in [5.74, 6) is 0.00486. The predicted molar refractivity (Wildman–Crippen MR) is 96.9 cm³/mol. The standard InChI is InChI=1S/C20H22FN3O2/c1-14(25)24-9-7-15(8-10-24)12-23-20(26)17-5-6-19(22-13-17)16-3-2-4-18(21)11-16/h2-6,11,13,15H,7-10,12H2,1H3,(H,23,26). The molecule has 0 bridgehead atoms. The first-order chi connectivity index (χ1) is 12.5. The number of nitrogens with one attached hydrogen (secondary N) is 1. The van der Waals surface area contributed by atoms with Gasteiger partial charge in [-0.2, -0.15) is 0 Å². The zero-order valence-electron chi connectivity index (χ0n) is 14.7. The van der Waals surface area contributed by atoms with Crippen LogP contribution >= 0.6 is 0 Å². The number of halogens is 1. The molecule has 0 spiro atoms. The van der Waals surface area contributed by atoms with Crippen LogP contribution < -0.4 is 5.32 Å². The van der Waals surface area contributed by atoms with Gasteiger partial charge in [0.15, 0.2) is 0 Å². The number of rotatable bonds is 4. The maximum Gasteiger partial charge on any atom is 0.252 e. The molecule has 0 aliphatic carbocycles. The van der Waals surface area contributed by atoms with Crippen molar-refractivity contribution in [2.24, 2.45) is 5.92 Å². The van der Waals surface area contributed by atoms with Crippen LogP contribution in [-0.4, -0.2) is 41.3 Å². The summed E-state index contributed by atoms with van der Waals surface area (Å²) in [6.45, 7) is 3.68. The lowest BCUT2D eigenvalue weighted by Gasteiger charge is -2.31. The molecule has 0 saturated carbocycles. The smallest absolute Gasteiger partial charge is 0.252 e. The molecule has 136 valence electrons. The number of hydrogen-bond donors (Lipinski definition) is 1. The third-order valence-corrected chi connectivity index (χ3v) is 4.76. The van der Waals surface area contributed by atoms with Crippen LogP contribution in [0.3, 0.4) is 0 Å².